The molecule has 0 radical (unpaired) electrons. The van der Waals surface area contributed by atoms with Crippen LogP contribution in [0.4, 0.5) is 4.39 Å². The summed E-state index contributed by atoms with van der Waals surface area (Å²) in [6, 6.07) is 5.91. The van der Waals surface area contributed by atoms with Crippen LogP contribution in [0.1, 0.15) is 34.3 Å². The molecule has 1 atom stereocenters. The maximum Gasteiger partial charge on any atom is 0.254 e. The first-order valence-corrected chi connectivity index (χ1v) is 5.60. The van der Waals surface area contributed by atoms with Gasteiger partial charge in [-0.3, -0.25) is 4.79 Å². The van der Waals surface area contributed by atoms with Crippen molar-refractivity contribution in [1.82, 2.24) is 4.90 Å². The minimum atomic E-state index is -0.473. The Labute approximate surface area is 95.1 Å². The van der Waals surface area contributed by atoms with Crippen molar-refractivity contribution < 1.29 is 9.18 Å². The summed E-state index contributed by atoms with van der Waals surface area (Å²) in [7, 11) is 0. The Hall–Kier alpha value is -1.38. The van der Waals surface area contributed by atoms with Crippen LogP contribution in [-0.2, 0) is 0 Å². The van der Waals surface area contributed by atoms with Gasteiger partial charge in [0.2, 0.25) is 0 Å². The number of aryl methyl sites for hydroxylation is 1. The highest BCUT2D eigenvalue weighted by atomic mass is 19.1. The summed E-state index contributed by atoms with van der Waals surface area (Å²) in [5.41, 5.74) is 2.85. The molecule has 2 nitrogen and oxygen atoms in total. The summed E-state index contributed by atoms with van der Waals surface area (Å²) in [6.45, 7) is 4.37. The van der Waals surface area contributed by atoms with Crippen LogP contribution in [0.2, 0.25) is 0 Å². The molecule has 0 saturated heterocycles. The molecule has 0 bridgehead atoms. The molecule has 0 aliphatic carbocycles. The van der Waals surface area contributed by atoms with Gasteiger partial charge in [0.15, 0.2) is 0 Å². The lowest BCUT2D eigenvalue weighted by Crippen LogP contribution is -2.40. The molecule has 86 valence electrons. The average Bonchev–Trinajstić information content (AvgIpc) is 2.25. The van der Waals surface area contributed by atoms with Gasteiger partial charge in [-0.15, -0.1) is 0 Å². The van der Waals surface area contributed by atoms with Crippen molar-refractivity contribution in [1.29, 1.82) is 0 Å². The second-order valence-electron chi connectivity index (χ2n) is 4.38. The Morgan fingerprint density at radius 2 is 2.25 bits per heavy atom. The lowest BCUT2D eigenvalue weighted by molar-refractivity contribution is 0.0712. The van der Waals surface area contributed by atoms with Gasteiger partial charge in [0.25, 0.3) is 5.91 Å². The van der Waals surface area contributed by atoms with Gasteiger partial charge < -0.3 is 4.90 Å². The van der Waals surface area contributed by atoms with Crippen LogP contribution >= 0.6 is 0 Å². The SMILES string of the molecule is Cc1cccc2c1C(=O)N(CCF)CC2C. The fraction of sp³-hybridized carbons (Fsp3) is 0.462. The van der Waals surface area contributed by atoms with Crippen molar-refractivity contribution in [2.24, 2.45) is 0 Å². The zero-order valence-corrected chi connectivity index (χ0v) is 9.66. The molecule has 0 saturated carbocycles. The predicted octanol–water partition coefficient (Wildman–Crippen LogP) is 2.52. The monoisotopic (exact) mass is 221 g/mol. The molecule has 0 aromatic heterocycles. The van der Waals surface area contributed by atoms with Crippen molar-refractivity contribution in [2.75, 3.05) is 19.8 Å². The molecule has 1 unspecified atom stereocenters. The number of benzene rings is 1. The molecule has 1 aromatic rings. The van der Waals surface area contributed by atoms with E-state index in [4.69, 9.17) is 0 Å². The Morgan fingerprint density at radius 1 is 1.50 bits per heavy atom. The first-order chi connectivity index (χ1) is 7.65. The van der Waals surface area contributed by atoms with E-state index in [1.807, 2.05) is 25.1 Å². The molecule has 1 aliphatic rings. The molecule has 1 aliphatic heterocycles. The third-order valence-electron chi connectivity index (χ3n) is 3.19. The molecule has 16 heavy (non-hydrogen) atoms. The number of halogens is 1. The van der Waals surface area contributed by atoms with Gasteiger partial charge in [-0.1, -0.05) is 25.1 Å². The van der Waals surface area contributed by atoms with Gasteiger partial charge in [0.05, 0.1) is 0 Å². The number of carbonyl (C=O) groups is 1. The lowest BCUT2D eigenvalue weighted by atomic mass is 9.88. The first-order valence-electron chi connectivity index (χ1n) is 5.60. The van der Waals surface area contributed by atoms with E-state index in [1.165, 1.54) is 0 Å². The molecule has 0 fully saturated rings. The summed E-state index contributed by atoms with van der Waals surface area (Å²) >= 11 is 0. The minimum Gasteiger partial charge on any atom is -0.335 e. The van der Waals surface area contributed by atoms with E-state index in [9.17, 15) is 9.18 Å². The van der Waals surface area contributed by atoms with E-state index in [0.29, 0.717) is 12.5 Å². The van der Waals surface area contributed by atoms with Crippen LogP contribution in [-0.4, -0.2) is 30.6 Å². The number of amides is 1. The van der Waals surface area contributed by atoms with E-state index < -0.39 is 6.67 Å². The van der Waals surface area contributed by atoms with Crippen molar-refractivity contribution in [3.8, 4) is 0 Å². The molecule has 2 rings (SSSR count). The van der Waals surface area contributed by atoms with Crippen molar-refractivity contribution in [3.05, 3.63) is 34.9 Å². The van der Waals surface area contributed by atoms with Crippen LogP contribution in [0.5, 0.6) is 0 Å². The van der Waals surface area contributed by atoms with Crippen LogP contribution in [0, 0.1) is 6.92 Å². The number of hydrogen-bond acceptors (Lipinski definition) is 1. The molecule has 1 heterocycles. The Kier molecular flexibility index (Phi) is 2.95. The van der Waals surface area contributed by atoms with Crippen LogP contribution < -0.4 is 0 Å². The molecule has 1 amide bonds. The maximum absolute atomic E-state index is 12.4. The van der Waals surface area contributed by atoms with E-state index >= 15 is 0 Å². The van der Waals surface area contributed by atoms with Crippen LogP contribution in [0.3, 0.4) is 0 Å². The minimum absolute atomic E-state index is 0.0242. The molecule has 0 N–H and O–H groups in total. The van der Waals surface area contributed by atoms with Crippen molar-refractivity contribution in [3.63, 3.8) is 0 Å². The quantitative estimate of drug-likeness (QED) is 0.751. The zero-order valence-electron chi connectivity index (χ0n) is 9.66. The second-order valence-corrected chi connectivity index (χ2v) is 4.38. The normalized spacial score (nSPS) is 19.8. The van der Waals surface area contributed by atoms with Gasteiger partial charge >= 0.3 is 0 Å². The van der Waals surface area contributed by atoms with E-state index in [-0.39, 0.29) is 12.5 Å². The van der Waals surface area contributed by atoms with Crippen LogP contribution in [0.15, 0.2) is 18.2 Å². The van der Waals surface area contributed by atoms with Crippen molar-refractivity contribution >= 4 is 5.91 Å². The highest BCUT2D eigenvalue weighted by Gasteiger charge is 2.29. The van der Waals surface area contributed by atoms with Gasteiger partial charge in [-0.05, 0) is 24.0 Å². The third-order valence-corrected chi connectivity index (χ3v) is 3.19. The standard InChI is InChI=1S/C13H16FNO/c1-9-4-3-5-11-10(2)8-15(7-6-14)13(16)12(9)11/h3-5,10H,6-8H2,1-2H3. The Bertz CT molecular complexity index is 416. The number of nitrogens with zero attached hydrogens (tertiary/aromatic N) is 1. The van der Waals surface area contributed by atoms with E-state index in [1.54, 1.807) is 4.90 Å². The summed E-state index contributed by atoms with van der Waals surface area (Å²) in [5.74, 6) is 0.267. The fourth-order valence-electron chi connectivity index (χ4n) is 2.36. The summed E-state index contributed by atoms with van der Waals surface area (Å²) in [5, 5.41) is 0. The fourth-order valence-corrected chi connectivity index (χ4v) is 2.36. The highest BCUT2D eigenvalue weighted by Crippen LogP contribution is 2.29. The van der Waals surface area contributed by atoms with Gasteiger partial charge in [-0.2, -0.15) is 0 Å². The van der Waals surface area contributed by atoms with Gasteiger partial charge in [0, 0.05) is 18.7 Å². The number of fused-ring (bicyclic) bond motifs is 1. The van der Waals surface area contributed by atoms with E-state index in [0.717, 1.165) is 16.7 Å². The lowest BCUT2D eigenvalue weighted by Gasteiger charge is -2.33. The molecular weight excluding hydrogens is 205 g/mol. The Balaban J connectivity index is 2.44. The Morgan fingerprint density at radius 3 is 2.94 bits per heavy atom. The largest absolute Gasteiger partial charge is 0.335 e. The molecule has 3 heteroatoms. The third kappa shape index (κ3) is 1.70. The number of hydrogen-bond donors (Lipinski definition) is 0. The summed E-state index contributed by atoms with van der Waals surface area (Å²) < 4.78 is 12.4. The maximum atomic E-state index is 12.4. The number of rotatable bonds is 2. The average molecular weight is 221 g/mol. The van der Waals surface area contributed by atoms with Gasteiger partial charge in [-0.25, -0.2) is 4.39 Å². The molecular formula is C13H16FNO. The molecule has 1 aromatic carbocycles. The summed E-state index contributed by atoms with van der Waals surface area (Å²) in [6.07, 6.45) is 0. The predicted molar refractivity (Wildman–Crippen MR) is 61.5 cm³/mol. The number of alkyl halides is 1. The zero-order chi connectivity index (χ0) is 11.7. The first kappa shape index (κ1) is 11.1. The molecule has 0 spiro atoms. The van der Waals surface area contributed by atoms with Crippen LogP contribution in [0.25, 0.3) is 0 Å². The second kappa shape index (κ2) is 4.24. The topological polar surface area (TPSA) is 20.3 Å². The summed E-state index contributed by atoms with van der Waals surface area (Å²) in [4.78, 5) is 13.7. The van der Waals surface area contributed by atoms with Crippen molar-refractivity contribution in [2.45, 2.75) is 19.8 Å². The van der Waals surface area contributed by atoms with Gasteiger partial charge in [0.1, 0.15) is 6.67 Å². The number of carbonyl (C=O) groups excluding carboxylic acids is 1. The van der Waals surface area contributed by atoms with E-state index in [2.05, 4.69) is 6.92 Å². The smallest absolute Gasteiger partial charge is 0.254 e. The highest BCUT2D eigenvalue weighted by molar-refractivity contribution is 5.98.